The Morgan fingerprint density at radius 3 is 2.15 bits per heavy atom. The molecule has 11 heteroatoms. The van der Waals surface area contributed by atoms with Crippen LogP contribution in [0.3, 0.4) is 0 Å². The predicted octanol–water partition coefficient (Wildman–Crippen LogP) is 5.72. The zero-order chi connectivity index (χ0) is 33.1. The van der Waals surface area contributed by atoms with Crippen LogP contribution in [0.4, 0.5) is 5.69 Å². The van der Waals surface area contributed by atoms with E-state index in [2.05, 4.69) is 5.32 Å². The number of amides is 2. The summed E-state index contributed by atoms with van der Waals surface area (Å²) in [5.74, 6) is 0.223. The maximum Gasteiger partial charge on any atom is 0.264 e. The van der Waals surface area contributed by atoms with Crippen LogP contribution < -0.4 is 19.1 Å². The summed E-state index contributed by atoms with van der Waals surface area (Å²) in [7, 11) is -2.71. The predicted molar refractivity (Wildman–Crippen MR) is 180 cm³/mol. The third kappa shape index (κ3) is 8.80. The van der Waals surface area contributed by atoms with E-state index in [0.29, 0.717) is 35.2 Å². The molecule has 2 amide bonds. The average Bonchev–Trinajstić information content (AvgIpc) is 3.06. The first-order valence-corrected chi connectivity index (χ1v) is 16.7. The molecule has 0 aliphatic carbocycles. The lowest BCUT2D eigenvalue weighted by atomic mass is 10.0. The normalized spacial score (nSPS) is 11.7. The monoisotopic (exact) mass is 663 g/mol. The van der Waals surface area contributed by atoms with E-state index in [1.165, 1.54) is 29.2 Å². The molecular weight excluding hydrogens is 626 g/mol. The number of anilines is 1. The maximum atomic E-state index is 14.5. The third-order valence-corrected chi connectivity index (χ3v) is 9.27. The summed E-state index contributed by atoms with van der Waals surface area (Å²) in [6, 6.07) is 27.8. The van der Waals surface area contributed by atoms with E-state index < -0.39 is 28.5 Å². The van der Waals surface area contributed by atoms with Gasteiger partial charge in [0.25, 0.3) is 10.0 Å². The SMILES string of the molecule is CCNC(=O)[C@H](Cc1ccccc1)N(Cc1cccc(OC)c1)C(=O)CN(c1ccc(OCC)cc1)S(=O)(=O)c1ccc(Cl)cc1. The Morgan fingerprint density at radius 1 is 0.848 bits per heavy atom. The van der Waals surface area contributed by atoms with Crippen LogP contribution in [-0.4, -0.2) is 58.0 Å². The smallest absolute Gasteiger partial charge is 0.264 e. The van der Waals surface area contributed by atoms with Crippen molar-refractivity contribution in [2.45, 2.75) is 37.8 Å². The molecule has 0 spiro atoms. The Bertz CT molecular complexity index is 1700. The van der Waals surface area contributed by atoms with Gasteiger partial charge < -0.3 is 19.7 Å². The number of nitrogens with one attached hydrogen (secondary N) is 1. The molecule has 4 rings (SSSR count). The highest BCUT2D eigenvalue weighted by molar-refractivity contribution is 7.92. The van der Waals surface area contributed by atoms with Crippen LogP contribution in [-0.2, 0) is 32.6 Å². The number of benzene rings is 4. The van der Waals surface area contributed by atoms with E-state index in [4.69, 9.17) is 21.1 Å². The Labute approximate surface area is 275 Å². The number of likely N-dealkylation sites (N-methyl/N-ethyl adjacent to an activating group) is 1. The Hall–Kier alpha value is -4.54. The fourth-order valence-corrected chi connectivity index (χ4v) is 6.49. The van der Waals surface area contributed by atoms with Crippen LogP contribution in [0, 0.1) is 0 Å². The molecule has 4 aromatic rings. The molecule has 0 aromatic heterocycles. The number of hydrogen-bond donors (Lipinski definition) is 1. The number of carbonyl (C=O) groups is 2. The number of carbonyl (C=O) groups excluding carboxylic acids is 2. The van der Waals surface area contributed by atoms with E-state index in [1.807, 2.05) is 43.3 Å². The van der Waals surface area contributed by atoms with Crippen LogP contribution in [0.15, 0.2) is 108 Å². The Morgan fingerprint density at radius 2 is 1.52 bits per heavy atom. The molecule has 4 aromatic carbocycles. The van der Waals surface area contributed by atoms with Crippen LogP contribution in [0.25, 0.3) is 0 Å². The van der Waals surface area contributed by atoms with Crippen molar-refractivity contribution in [3.63, 3.8) is 0 Å². The summed E-state index contributed by atoms with van der Waals surface area (Å²) in [4.78, 5) is 29.5. The minimum atomic E-state index is -4.26. The van der Waals surface area contributed by atoms with Gasteiger partial charge in [-0.05, 0) is 85.6 Å². The molecule has 0 aliphatic heterocycles. The van der Waals surface area contributed by atoms with Crippen molar-refractivity contribution >= 4 is 39.1 Å². The molecule has 0 heterocycles. The molecule has 242 valence electrons. The van der Waals surface area contributed by atoms with Crippen LogP contribution in [0.2, 0.25) is 5.02 Å². The lowest BCUT2D eigenvalue weighted by Crippen LogP contribution is -2.53. The lowest BCUT2D eigenvalue weighted by molar-refractivity contribution is -0.140. The molecule has 9 nitrogen and oxygen atoms in total. The summed E-state index contributed by atoms with van der Waals surface area (Å²) < 4.78 is 40.3. The van der Waals surface area contributed by atoms with Gasteiger partial charge in [0, 0.05) is 24.5 Å². The minimum absolute atomic E-state index is 0.0305. The van der Waals surface area contributed by atoms with Gasteiger partial charge in [-0.1, -0.05) is 54.1 Å². The highest BCUT2D eigenvalue weighted by Gasteiger charge is 2.34. The maximum absolute atomic E-state index is 14.5. The number of nitrogens with zero attached hydrogens (tertiary/aromatic N) is 2. The summed E-state index contributed by atoms with van der Waals surface area (Å²) in [5.41, 5.74) is 1.81. The van der Waals surface area contributed by atoms with E-state index in [9.17, 15) is 18.0 Å². The zero-order valence-corrected chi connectivity index (χ0v) is 27.6. The summed E-state index contributed by atoms with van der Waals surface area (Å²) in [5, 5.41) is 3.23. The number of sulfonamides is 1. The molecule has 1 N–H and O–H groups in total. The number of ether oxygens (including phenoxy) is 2. The molecule has 1 atom stereocenters. The van der Waals surface area contributed by atoms with Crippen molar-refractivity contribution in [2.24, 2.45) is 0 Å². The van der Waals surface area contributed by atoms with Crippen molar-refractivity contribution in [1.29, 1.82) is 0 Å². The van der Waals surface area contributed by atoms with Crippen molar-refractivity contribution < 1.29 is 27.5 Å². The van der Waals surface area contributed by atoms with Gasteiger partial charge in [-0.3, -0.25) is 13.9 Å². The first-order chi connectivity index (χ1) is 22.2. The molecule has 0 radical (unpaired) electrons. The standard InChI is InChI=1S/C35H38ClN3O6S/c1-4-37-35(41)33(23-26-10-7-6-8-11-26)38(24-27-12-9-13-31(22-27)44-3)34(40)25-39(29-16-18-30(19-17-29)45-5-2)46(42,43)32-20-14-28(36)15-21-32/h6-22,33H,4-5,23-25H2,1-3H3,(H,37,41)/t33-/m0/s1. The third-order valence-electron chi connectivity index (χ3n) is 7.23. The summed E-state index contributed by atoms with van der Waals surface area (Å²) in [6.45, 7) is 3.90. The lowest BCUT2D eigenvalue weighted by Gasteiger charge is -2.34. The van der Waals surface area contributed by atoms with Gasteiger partial charge in [-0.25, -0.2) is 8.42 Å². The topological polar surface area (TPSA) is 105 Å². The zero-order valence-electron chi connectivity index (χ0n) is 26.1. The van der Waals surface area contributed by atoms with Gasteiger partial charge in [0.15, 0.2) is 0 Å². The van der Waals surface area contributed by atoms with Crippen molar-refractivity contribution in [1.82, 2.24) is 10.2 Å². The molecule has 0 aliphatic rings. The molecule has 0 saturated carbocycles. The fourth-order valence-electron chi connectivity index (χ4n) is 4.95. The van der Waals surface area contributed by atoms with Gasteiger partial charge in [-0.2, -0.15) is 0 Å². The van der Waals surface area contributed by atoms with Gasteiger partial charge in [0.2, 0.25) is 11.8 Å². The van der Waals surface area contributed by atoms with Crippen LogP contribution >= 0.6 is 11.6 Å². The largest absolute Gasteiger partial charge is 0.497 e. The second kappa shape index (κ2) is 16.1. The summed E-state index contributed by atoms with van der Waals surface area (Å²) >= 11 is 6.06. The van der Waals surface area contributed by atoms with Crippen molar-refractivity contribution in [3.05, 3.63) is 119 Å². The highest BCUT2D eigenvalue weighted by Crippen LogP contribution is 2.28. The minimum Gasteiger partial charge on any atom is -0.497 e. The first-order valence-electron chi connectivity index (χ1n) is 14.9. The second-order valence-corrected chi connectivity index (χ2v) is 12.7. The quantitative estimate of drug-likeness (QED) is 0.175. The molecule has 0 fully saturated rings. The molecule has 0 unspecified atom stereocenters. The molecule has 46 heavy (non-hydrogen) atoms. The fraction of sp³-hybridized carbons (Fsp3) is 0.257. The van der Waals surface area contributed by atoms with E-state index >= 15 is 0 Å². The van der Waals surface area contributed by atoms with Crippen LogP contribution in [0.5, 0.6) is 11.5 Å². The van der Waals surface area contributed by atoms with E-state index in [1.54, 1.807) is 56.5 Å². The van der Waals surface area contributed by atoms with Crippen LogP contribution in [0.1, 0.15) is 25.0 Å². The first kappa shape index (κ1) is 34.3. The van der Waals surface area contributed by atoms with Gasteiger partial charge in [-0.15, -0.1) is 0 Å². The number of rotatable bonds is 15. The summed E-state index contributed by atoms with van der Waals surface area (Å²) in [6.07, 6.45) is 0.218. The number of hydrogen-bond acceptors (Lipinski definition) is 6. The van der Waals surface area contributed by atoms with Crippen molar-refractivity contribution in [2.75, 3.05) is 31.1 Å². The number of methoxy groups -OCH3 is 1. The molecular formula is C35H38ClN3O6S. The highest BCUT2D eigenvalue weighted by atomic mass is 35.5. The van der Waals surface area contributed by atoms with E-state index in [-0.39, 0.29) is 29.5 Å². The second-order valence-electron chi connectivity index (χ2n) is 10.4. The Balaban J connectivity index is 1.80. The van der Waals surface area contributed by atoms with Gasteiger partial charge >= 0.3 is 0 Å². The molecule has 0 bridgehead atoms. The Kier molecular flexibility index (Phi) is 12.1. The average molecular weight is 664 g/mol. The van der Waals surface area contributed by atoms with Gasteiger partial charge in [0.1, 0.15) is 24.1 Å². The van der Waals surface area contributed by atoms with Gasteiger partial charge in [0.05, 0.1) is 24.3 Å². The molecule has 0 saturated heterocycles. The van der Waals surface area contributed by atoms with Crippen molar-refractivity contribution in [3.8, 4) is 11.5 Å². The number of halogens is 1. The van der Waals surface area contributed by atoms with E-state index in [0.717, 1.165) is 9.87 Å².